The van der Waals surface area contributed by atoms with Crippen molar-refractivity contribution in [3.63, 3.8) is 0 Å². The highest BCUT2D eigenvalue weighted by atomic mass is 19.4. The normalized spacial score (nSPS) is 15.1. The molecule has 0 atom stereocenters. The fourth-order valence-electron chi connectivity index (χ4n) is 3.47. The Labute approximate surface area is 176 Å². The third-order valence-corrected chi connectivity index (χ3v) is 5.18. The highest BCUT2D eigenvalue weighted by molar-refractivity contribution is 5.97. The lowest BCUT2D eigenvalue weighted by atomic mass is 10.1. The van der Waals surface area contributed by atoms with Crippen LogP contribution in [0.3, 0.4) is 0 Å². The maximum absolute atomic E-state index is 12.8. The van der Waals surface area contributed by atoms with E-state index in [1.807, 2.05) is 0 Å². The minimum atomic E-state index is -4.43. The van der Waals surface area contributed by atoms with E-state index in [-0.39, 0.29) is 11.8 Å². The van der Waals surface area contributed by atoms with Crippen molar-refractivity contribution in [2.24, 2.45) is 0 Å². The Bertz CT molecular complexity index is 1140. The number of fused-ring (bicyclic) bond motifs is 1. The molecule has 160 valence electrons. The summed E-state index contributed by atoms with van der Waals surface area (Å²) in [6.45, 7) is 1.46. The number of aromatic amines is 1. The number of benzene rings is 2. The van der Waals surface area contributed by atoms with E-state index in [0.29, 0.717) is 37.3 Å². The number of hydrogen-bond acceptors (Lipinski definition) is 3. The van der Waals surface area contributed by atoms with Gasteiger partial charge in [0.25, 0.3) is 5.91 Å². The zero-order valence-corrected chi connectivity index (χ0v) is 16.4. The number of amides is 2. The highest BCUT2D eigenvalue weighted by Crippen LogP contribution is 2.29. The summed E-state index contributed by atoms with van der Waals surface area (Å²) in [5, 5.41) is 0. The van der Waals surface area contributed by atoms with Gasteiger partial charge in [0.2, 0.25) is 5.91 Å². The van der Waals surface area contributed by atoms with Crippen molar-refractivity contribution in [1.82, 2.24) is 19.8 Å². The lowest BCUT2D eigenvalue weighted by Crippen LogP contribution is -2.50. The number of aromatic nitrogens is 2. The van der Waals surface area contributed by atoms with E-state index in [1.54, 1.807) is 34.3 Å². The van der Waals surface area contributed by atoms with Gasteiger partial charge >= 0.3 is 6.18 Å². The number of rotatable bonds is 3. The first-order valence-corrected chi connectivity index (χ1v) is 9.68. The lowest BCUT2D eigenvalue weighted by Gasteiger charge is -2.34. The molecule has 0 aliphatic carbocycles. The summed E-state index contributed by atoms with van der Waals surface area (Å²) in [7, 11) is 0. The molecule has 3 aromatic rings. The van der Waals surface area contributed by atoms with Crippen LogP contribution in [0.5, 0.6) is 0 Å². The number of halogens is 3. The van der Waals surface area contributed by atoms with Crippen molar-refractivity contribution < 1.29 is 22.8 Å². The van der Waals surface area contributed by atoms with E-state index < -0.39 is 11.7 Å². The molecule has 2 heterocycles. The van der Waals surface area contributed by atoms with Crippen molar-refractivity contribution in [1.29, 1.82) is 0 Å². The van der Waals surface area contributed by atoms with Crippen LogP contribution in [0, 0.1) is 0 Å². The third kappa shape index (κ3) is 4.60. The third-order valence-electron chi connectivity index (χ3n) is 5.18. The zero-order chi connectivity index (χ0) is 22.0. The molecule has 1 fully saturated rings. The molecule has 1 N–H and O–H groups in total. The molecular weight excluding hydrogens is 409 g/mol. The topological polar surface area (TPSA) is 69.3 Å². The van der Waals surface area contributed by atoms with Gasteiger partial charge in [-0.2, -0.15) is 13.2 Å². The van der Waals surface area contributed by atoms with E-state index >= 15 is 0 Å². The average molecular weight is 428 g/mol. The van der Waals surface area contributed by atoms with Crippen molar-refractivity contribution in [2.75, 3.05) is 26.2 Å². The molecule has 2 aromatic carbocycles. The molecule has 6 nitrogen and oxygen atoms in total. The van der Waals surface area contributed by atoms with Crippen LogP contribution in [0.15, 0.2) is 54.9 Å². The van der Waals surface area contributed by atoms with Crippen LogP contribution >= 0.6 is 0 Å². The fourth-order valence-corrected chi connectivity index (χ4v) is 3.47. The molecule has 0 unspecified atom stereocenters. The van der Waals surface area contributed by atoms with E-state index in [9.17, 15) is 22.8 Å². The number of piperazine rings is 1. The fraction of sp³-hybridized carbons (Fsp3) is 0.227. The Morgan fingerprint density at radius 2 is 1.74 bits per heavy atom. The molecule has 0 bridgehead atoms. The number of carbonyl (C=O) groups is 2. The second-order valence-corrected chi connectivity index (χ2v) is 7.21. The average Bonchev–Trinajstić information content (AvgIpc) is 3.24. The van der Waals surface area contributed by atoms with E-state index in [4.69, 9.17) is 0 Å². The number of carbonyl (C=O) groups excluding carboxylic acids is 2. The number of hydrogen-bond donors (Lipinski definition) is 1. The summed E-state index contributed by atoms with van der Waals surface area (Å²) < 4.78 is 38.4. The molecule has 31 heavy (non-hydrogen) atoms. The van der Waals surface area contributed by atoms with Crippen molar-refractivity contribution in [3.05, 3.63) is 71.6 Å². The molecule has 9 heteroatoms. The van der Waals surface area contributed by atoms with Crippen LogP contribution in [0.2, 0.25) is 0 Å². The van der Waals surface area contributed by atoms with Gasteiger partial charge < -0.3 is 14.8 Å². The molecule has 1 aromatic heterocycles. The Hall–Kier alpha value is -3.62. The van der Waals surface area contributed by atoms with Crippen molar-refractivity contribution in [2.45, 2.75) is 6.18 Å². The second kappa shape index (κ2) is 8.25. The minimum absolute atomic E-state index is 0.122. The Morgan fingerprint density at radius 3 is 2.48 bits per heavy atom. The molecule has 1 aliphatic heterocycles. The summed E-state index contributed by atoms with van der Waals surface area (Å²) in [4.78, 5) is 35.5. The number of imidazole rings is 1. The van der Waals surface area contributed by atoms with Gasteiger partial charge in [-0.1, -0.05) is 12.1 Å². The van der Waals surface area contributed by atoms with Gasteiger partial charge in [-0.3, -0.25) is 9.59 Å². The van der Waals surface area contributed by atoms with Gasteiger partial charge in [0.15, 0.2) is 0 Å². The Balaban J connectivity index is 1.35. The molecule has 0 radical (unpaired) electrons. The van der Waals surface area contributed by atoms with Gasteiger partial charge in [0.1, 0.15) is 0 Å². The predicted octanol–water partition coefficient (Wildman–Crippen LogP) is 3.58. The highest BCUT2D eigenvalue weighted by Gasteiger charge is 2.30. The number of H-pyrrole nitrogens is 1. The molecule has 2 amide bonds. The summed E-state index contributed by atoms with van der Waals surface area (Å²) in [6, 6.07) is 10.0. The SMILES string of the molecule is O=C(/C=C/c1cccc(C(F)(F)F)c1)N1CCN(C(=O)c2ccc3nc[nH]c3c2)CC1. The van der Waals surface area contributed by atoms with Crippen LogP contribution < -0.4 is 0 Å². The lowest BCUT2D eigenvalue weighted by molar-refractivity contribution is -0.137. The summed E-state index contributed by atoms with van der Waals surface area (Å²) >= 11 is 0. The van der Waals surface area contributed by atoms with E-state index in [2.05, 4.69) is 9.97 Å². The first kappa shape index (κ1) is 20.6. The van der Waals surface area contributed by atoms with Gasteiger partial charge in [-0.05, 0) is 42.0 Å². The number of nitrogens with zero attached hydrogens (tertiary/aromatic N) is 3. The van der Waals surface area contributed by atoms with Crippen LogP contribution in [0.4, 0.5) is 13.2 Å². The first-order valence-electron chi connectivity index (χ1n) is 9.68. The Kier molecular flexibility index (Phi) is 5.50. The molecule has 4 rings (SSSR count). The smallest absolute Gasteiger partial charge is 0.345 e. The number of nitrogens with one attached hydrogen (secondary N) is 1. The first-order chi connectivity index (χ1) is 14.8. The largest absolute Gasteiger partial charge is 0.416 e. The molecule has 1 saturated heterocycles. The zero-order valence-electron chi connectivity index (χ0n) is 16.4. The molecular formula is C22H19F3N4O2. The van der Waals surface area contributed by atoms with Gasteiger partial charge in [-0.15, -0.1) is 0 Å². The van der Waals surface area contributed by atoms with Crippen LogP contribution in [-0.4, -0.2) is 57.8 Å². The van der Waals surface area contributed by atoms with Gasteiger partial charge in [0.05, 0.1) is 22.9 Å². The number of alkyl halides is 3. The molecule has 1 aliphatic rings. The van der Waals surface area contributed by atoms with Crippen LogP contribution in [0.25, 0.3) is 17.1 Å². The monoisotopic (exact) mass is 428 g/mol. The quantitative estimate of drug-likeness (QED) is 0.649. The standard InChI is InChI=1S/C22H19F3N4O2/c23-22(24,25)17-3-1-2-15(12-17)4-7-20(30)28-8-10-29(11-9-28)21(31)16-5-6-18-19(13-16)27-14-26-18/h1-7,12-14H,8-11H2,(H,26,27)/b7-4+. The summed E-state index contributed by atoms with van der Waals surface area (Å²) in [6.07, 6.45) is -0.233. The van der Waals surface area contributed by atoms with Crippen LogP contribution in [0.1, 0.15) is 21.5 Å². The van der Waals surface area contributed by atoms with E-state index in [0.717, 1.165) is 23.2 Å². The van der Waals surface area contributed by atoms with Crippen molar-refractivity contribution >= 4 is 28.9 Å². The summed E-state index contributed by atoms with van der Waals surface area (Å²) in [5.41, 5.74) is 1.63. The van der Waals surface area contributed by atoms with Crippen LogP contribution in [-0.2, 0) is 11.0 Å². The maximum Gasteiger partial charge on any atom is 0.416 e. The minimum Gasteiger partial charge on any atom is -0.345 e. The summed E-state index contributed by atoms with van der Waals surface area (Å²) in [5.74, 6) is -0.425. The molecule has 0 spiro atoms. The maximum atomic E-state index is 12.8. The van der Waals surface area contributed by atoms with Crippen molar-refractivity contribution in [3.8, 4) is 0 Å². The molecule has 0 saturated carbocycles. The Morgan fingerprint density at radius 1 is 1.00 bits per heavy atom. The van der Waals surface area contributed by atoms with Gasteiger partial charge in [0, 0.05) is 37.8 Å². The second-order valence-electron chi connectivity index (χ2n) is 7.21. The van der Waals surface area contributed by atoms with Gasteiger partial charge in [-0.25, -0.2) is 4.98 Å². The predicted molar refractivity (Wildman–Crippen MR) is 109 cm³/mol. The van der Waals surface area contributed by atoms with E-state index in [1.165, 1.54) is 24.3 Å².